The van der Waals surface area contributed by atoms with Gasteiger partial charge in [0.25, 0.3) is 0 Å². The lowest BCUT2D eigenvalue weighted by atomic mass is 10.2. The van der Waals surface area contributed by atoms with Crippen LogP contribution in [0.25, 0.3) is 0 Å². The zero-order valence-corrected chi connectivity index (χ0v) is 10.9. The predicted octanol–water partition coefficient (Wildman–Crippen LogP) is 3.05. The molecule has 7 heteroatoms. The Morgan fingerprint density at radius 2 is 2.00 bits per heavy atom. The van der Waals surface area contributed by atoms with Crippen LogP contribution in [0.3, 0.4) is 0 Å². The zero-order valence-electron chi connectivity index (χ0n) is 10.9. The number of nitrogens with zero attached hydrogens (tertiary/aromatic N) is 1. The van der Waals surface area contributed by atoms with Crippen molar-refractivity contribution in [3.63, 3.8) is 0 Å². The number of aryl methyl sites for hydroxylation is 1. The van der Waals surface area contributed by atoms with Crippen molar-refractivity contribution in [2.24, 2.45) is 0 Å². The van der Waals surface area contributed by atoms with Crippen molar-refractivity contribution in [3.05, 3.63) is 52.5 Å². The number of nitrogens with one attached hydrogen (secondary N) is 1. The van der Waals surface area contributed by atoms with E-state index < -0.39 is 23.3 Å². The van der Waals surface area contributed by atoms with Crippen molar-refractivity contribution in [2.45, 2.75) is 13.5 Å². The van der Waals surface area contributed by atoms with Gasteiger partial charge >= 0.3 is 5.97 Å². The van der Waals surface area contributed by atoms with E-state index in [-0.39, 0.29) is 29.2 Å². The summed E-state index contributed by atoms with van der Waals surface area (Å²) in [5.74, 6) is -2.52. The van der Waals surface area contributed by atoms with Gasteiger partial charge in [0, 0.05) is 0 Å². The van der Waals surface area contributed by atoms with Gasteiger partial charge in [-0.05, 0) is 25.1 Å². The monoisotopic (exact) mass is 292 g/mol. The highest BCUT2D eigenvalue weighted by atomic mass is 19.1. The maximum Gasteiger partial charge on any atom is 0.339 e. The van der Waals surface area contributed by atoms with E-state index in [1.165, 1.54) is 13.0 Å². The lowest BCUT2D eigenvalue weighted by Gasteiger charge is -2.07. The first-order valence-electron chi connectivity index (χ1n) is 5.88. The summed E-state index contributed by atoms with van der Waals surface area (Å²) in [6.45, 7) is 1.39. The summed E-state index contributed by atoms with van der Waals surface area (Å²) in [5, 5.41) is 20.0. The second-order valence-electron chi connectivity index (χ2n) is 4.27. The summed E-state index contributed by atoms with van der Waals surface area (Å²) in [6.07, 6.45) is 0. The summed E-state index contributed by atoms with van der Waals surface area (Å²) in [6, 6.07) is 4.73. The van der Waals surface area contributed by atoms with E-state index in [4.69, 9.17) is 14.8 Å². The molecule has 0 saturated heterocycles. The lowest BCUT2D eigenvalue weighted by molar-refractivity contribution is 0.0695. The van der Waals surface area contributed by atoms with Crippen LogP contribution < -0.4 is 5.32 Å². The SMILES string of the molecule is Cc1oc(CNc2c(F)cc(C#N)cc2F)cc1C(=O)O. The molecule has 0 fully saturated rings. The number of benzene rings is 1. The van der Waals surface area contributed by atoms with Crippen LogP contribution in [0.5, 0.6) is 0 Å². The fourth-order valence-electron chi connectivity index (χ4n) is 1.83. The van der Waals surface area contributed by atoms with Gasteiger partial charge in [0.15, 0.2) is 11.6 Å². The number of rotatable bonds is 4. The molecule has 5 nitrogen and oxygen atoms in total. The van der Waals surface area contributed by atoms with E-state index in [9.17, 15) is 13.6 Å². The van der Waals surface area contributed by atoms with Gasteiger partial charge in [-0.15, -0.1) is 0 Å². The summed E-state index contributed by atoms with van der Waals surface area (Å²) < 4.78 is 32.5. The Labute approximate surface area is 118 Å². The van der Waals surface area contributed by atoms with Crippen molar-refractivity contribution in [2.75, 3.05) is 5.32 Å². The molecule has 21 heavy (non-hydrogen) atoms. The molecule has 0 aliphatic carbocycles. The Bertz CT molecular complexity index is 724. The number of hydrogen-bond acceptors (Lipinski definition) is 4. The van der Waals surface area contributed by atoms with Crippen LogP contribution in [0.15, 0.2) is 22.6 Å². The minimum Gasteiger partial charge on any atom is -0.478 e. The number of anilines is 1. The molecule has 0 unspecified atom stereocenters. The van der Waals surface area contributed by atoms with Gasteiger partial charge in [-0.1, -0.05) is 0 Å². The van der Waals surface area contributed by atoms with Crippen molar-refractivity contribution < 1.29 is 23.1 Å². The molecule has 0 amide bonds. The minimum atomic E-state index is -1.14. The number of carboxylic acids is 1. The van der Waals surface area contributed by atoms with E-state index in [1.54, 1.807) is 6.07 Å². The third-order valence-corrected chi connectivity index (χ3v) is 2.81. The second kappa shape index (κ2) is 5.63. The van der Waals surface area contributed by atoms with Crippen LogP contribution in [0.2, 0.25) is 0 Å². The number of nitriles is 1. The molecule has 1 aromatic heterocycles. The fraction of sp³-hybridized carbons (Fsp3) is 0.143. The van der Waals surface area contributed by atoms with E-state index in [2.05, 4.69) is 5.32 Å². The van der Waals surface area contributed by atoms with E-state index in [1.807, 2.05) is 0 Å². The van der Waals surface area contributed by atoms with Gasteiger partial charge in [-0.25, -0.2) is 13.6 Å². The molecule has 108 valence electrons. The first-order chi connectivity index (χ1) is 9.92. The van der Waals surface area contributed by atoms with Crippen LogP contribution in [-0.4, -0.2) is 11.1 Å². The number of carbonyl (C=O) groups is 1. The van der Waals surface area contributed by atoms with Gasteiger partial charge in [0.1, 0.15) is 22.8 Å². The van der Waals surface area contributed by atoms with Gasteiger partial charge in [0.05, 0.1) is 18.2 Å². The van der Waals surface area contributed by atoms with E-state index in [0.29, 0.717) is 0 Å². The Morgan fingerprint density at radius 3 is 2.48 bits per heavy atom. The summed E-state index contributed by atoms with van der Waals surface area (Å²) >= 11 is 0. The molecular formula is C14H10F2N2O3. The number of halogens is 2. The van der Waals surface area contributed by atoms with Crippen molar-refractivity contribution in [1.29, 1.82) is 5.26 Å². The highest BCUT2D eigenvalue weighted by molar-refractivity contribution is 5.88. The molecule has 0 radical (unpaired) electrons. The average molecular weight is 292 g/mol. The van der Waals surface area contributed by atoms with Crippen LogP contribution in [0.1, 0.15) is 27.4 Å². The number of hydrogen-bond donors (Lipinski definition) is 2. The maximum absolute atomic E-state index is 13.6. The largest absolute Gasteiger partial charge is 0.478 e. The summed E-state index contributed by atoms with van der Waals surface area (Å²) in [7, 11) is 0. The Balaban J connectivity index is 2.19. The van der Waals surface area contributed by atoms with Crippen LogP contribution in [0, 0.1) is 29.9 Å². The topological polar surface area (TPSA) is 86.3 Å². The standard InChI is InChI=1S/C14H10F2N2O3/c1-7-10(14(19)20)4-9(21-7)6-18-13-11(15)2-8(5-17)3-12(13)16/h2-4,18H,6H2,1H3,(H,19,20). The second-order valence-corrected chi connectivity index (χ2v) is 4.27. The smallest absolute Gasteiger partial charge is 0.339 e. The molecular weight excluding hydrogens is 282 g/mol. The molecule has 0 aliphatic heterocycles. The van der Waals surface area contributed by atoms with Crippen molar-refractivity contribution in [1.82, 2.24) is 0 Å². The molecule has 1 aromatic carbocycles. The van der Waals surface area contributed by atoms with Gasteiger partial charge < -0.3 is 14.8 Å². The lowest BCUT2D eigenvalue weighted by Crippen LogP contribution is -2.04. The van der Waals surface area contributed by atoms with E-state index >= 15 is 0 Å². The Hall–Kier alpha value is -2.88. The minimum absolute atomic E-state index is 0.00688. The quantitative estimate of drug-likeness (QED) is 0.904. The number of carboxylic acid groups (broad SMARTS) is 1. The molecule has 0 aliphatic rings. The fourth-order valence-corrected chi connectivity index (χ4v) is 1.83. The molecule has 2 N–H and O–H groups in total. The number of furan rings is 1. The molecule has 2 aromatic rings. The Morgan fingerprint density at radius 1 is 1.38 bits per heavy atom. The molecule has 0 bridgehead atoms. The predicted molar refractivity (Wildman–Crippen MR) is 68.8 cm³/mol. The van der Waals surface area contributed by atoms with Gasteiger partial charge in [0.2, 0.25) is 0 Å². The normalized spacial score (nSPS) is 10.2. The maximum atomic E-state index is 13.6. The molecule has 0 spiro atoms. The Kier molecular flexibility index (Phi) is 3.89. The molecule has 2 rings (SSSR count). The summed E-state index contributed by atoms with van der Waals surface area (Å²) in [5.41, 5.74) is -0.537. The first kappa shape index (κ1) is 14.5. The summed E-state index contributed by atoms with van der Waals surface area (Å²) in [4.78, 5) is 10.9. The van der Waals surface area contributed by atoms with Crippen molar-refractivity contribution >= 4 is 11.7 Å². The van der Waals surface area contributed by atoms with Gasteiger partial charge in [-0.3, -0.25) is 0 Å². The third kappa shape index (κ3) is 3.00. The third-order valence-electron chi connectivity index (χ3n) is 2.81. The highest BCUT2D eigenvalue weighted by Gasteiger charge is 2.15. The van der Waals surface area contributed by atoms with E-state index in [0.717, 1.165) is 12.1 Å². The molecule has 0 saturated carbocycles. The number of aromatic carboxylic acids is 1. The molecule has 1 heterocycles. The highest BCUT2D eigenvalue weighted by Crippen LogP contribution is 2.22. The van der Waals surface area contributed by atoms with Gasteiger partial charge in [-0.2, -0.15) is 5.26 Å². The first-order valence-corrected chi connectivity index (χ1v) is 5.88. The zero-order chi connectivity index (χ0) is 15.6. The molecule has 0 atom stereocenters. The van der Waals surface area contributed by atoms with Crippen LogP contribution >= 0.6 is 0 Å². The van der Waals surface area contributed by atoms with Crippen molar-refractivity contribution in [3.8, 4) is 6.07 Å². The average Bonchev–Trinajstić information content (AvgIpc) is 2.79. The van der Waals surface area contributed by atoms with Crippen LogP contribution in [-0.2, 0) is 6.54 Å². The van der Waals surface area contributed by atoms with Crippen LogP contribution in [0.4, 0.5) is 14.5 Å².